The molecule has 0 saturated carbocycles. The molecule has 0 amide bonds. The summed E-state index contributed by atoms with van der Waals surface area (Å²) in [6, 6.07) is 13.8. The predicted octanol–water partition coefficient (Wildman–Crippen LogP) is 3.51. The average molecular weight is 410 g/mol. The number of hydrogen-bond donors (Lipinski definition) is 0. The zero-order chi connectivity index (χ0) is 20.8. The molecule has 1 aliphatic rings. The van der Waals surface area contributed by atoms with Crippen molar-refractivity contribution in [3.05, 3.63) is 70.8 Å². The number of carbonyl (C=O) groups excluding carboxylic acids is 2. The van der Waals surface area contributed by atoms with E-state index in [2.05, 4.69) is 0 Å². The second-order valence-corrected chi connectivity index (χ2v) is 8.92. The number of methoxy groups -OCH3 is 2. The first-order valence-corrected chi connectivity index (χ1v) is 10.7. The second-order valence-electron chi connectivity index (χ2n) is 6.85. The predicted molar refractivity (Wildman–Crippen MR) is 108 cm³/mol. The summed E-state index contributed by atoms with van der Waals surface area (Å²) >= 11 is 0. The Hall–Kier alpha value is -3.19. The van der Waals surface area contributed by atoms with Crippen LogP contribution >= 0.6 is 0 Å². The number of carbonyl (C=O) groups is 2. The van der Waals surface area contributed by atoms with Gasteiger partial charge >= 0.3 is 11.9 Å². The molecule has 3 aromatic carbocycles. The van der Waals surface area contributed by atoms with Gasteiger partial charge in [-0.05, 0) is 51.2 Å². The molecular weight excluding hydrogens is 392 g/mol. The Balaban J connectivity index is 2.15. The van der Waals surface area contributed by atoms with Crippen molar-refractivity contribution in [2.45, 2.75) is 11.5 Å². The second kappa shape index (κ2) is 7.00. The van der Waals surface area contributed by atoms with E-state index < -0.39 is 21.8 Å². The van der Waals surface area contributed by atoms with E-state index in [1.54, 1.807) is 42.5 Å². The first kappa shape index (κ1) is 19.1. The van der Waals surface area contributed by atoms with Crippen LogP contribution in [-0.2, 0) is 30.8 Å². The highest BCUT2D eigenvalue weighted by atomic mass is 32.2. The molecule has 0 unspecified atom stereocenters. The number of hydrogen-bond acceptors (Lipinski definition) is 6. The number of benzene rings is 3. The summed E-state index contributed by atoms with van der Waals surface area (Å²) in [4.78, 5) is 24.7. The topological polar surface area (TPSA) is 86.7 Å². The van der Waals surface area contributed by atoms with Gasteiger partial charge in [-0.25, -0.2) is 18.0 Å². The number of esters is 2. The minimum absolute atomic E-state index is 0.110. The van der Waals surface area contributed by atoms with E-state index in [0.29, 0.717) is 44.2 Å². The van der Waals surface area contributed by atoms with Gasteiger partial charge in [-0.15, -0.1) is 0 Å². The number of ether oxygens (including phenoxy) is 2. The number of fused-ring (bicyclic) bond motifs is 2. The van der Waals surface area contributed by atoms with Crippen LogP contribution in [0.4, 0.5) is 0 Å². The summed E-state index contributed by atoms with van der Waals surface area (Å²) in [6.45, 7) is 0. The smallest absolute Gasteiger partial charge is 0.338 e. The molecule has 3 aromatic rings. The van der Waals surface area contributed by atoms with Gasteiger partial charge in [0, 0.05) is 0 Å². The quantitative estimate of drug-likeness (QED) is 0.614. The fourth-order valence-electron chi connectivity index (χ4n) is 3.91. The molecule has 1 heterocycles. The molecule has 6 nitrogen and oxygen atoms in total. The van der Waals surface area contributed by atoms with E-state index in [9.17, 15) is 18.0 Å². The van der Waals surface area contributed by atoms with Crippen molar-refractivity contribution >= 4 is 32.5 Å². The molecule has 0 radical (unpaired) electrons. The average Bonchev–Trinajstić information content (AvgIpc) is 3.03. The molecule has 148 valence electrons. The zero-order valence-electron chi connectivity index (χ0n) is 15.9. The van der Waals surface area contributed by atoms with Crippen molar-refractivity contribution < 1.29 is 27.5 Å². The molecule has 0 atom stereocenters. The van der Waals surface area contributed by atoms with Crippen LogP contribution in [0.2, 0.25) is 0 Å². The van der Waals surface area contributed by atoms with Crippen LogP contribution in [0.1, 0.15) is 31.8 Å². The number of sulfone groups is 1. The Morgan fingerprint density at radius 1 is 0.828 bits per heavy atom. The van der Waals surface area contributed by atoms with Gasteiger partial charge in [0.25, 0.3) is 0 Å². The van der Waals surface area contributed by atoms with Gasteiger partial charge in [0.2, 0.25) is 0 Å². The molecular formula is C22H18O6S. The molecule has 0 spiro atoms. The monoisotopic (exact) mass is 410 g/mol. The maximum absolute atomic E-state index is 12.4. The van der Waals surface area contributed by atoms with Gasteiger partial charge in [-0.1, -0.05) is 30.3 Å². The molecule has 4 rings (SSSR count). The lowest BCUT2D eigenvalue weighted by atomic mass is 9.87. The molecule has 0 fully saturated rings. The molecule has 1 aliphatic heterocycles. The van der Waals surface area contributed by atoms with Crippen molar-refractivity contribution in [2.24, 2.45) is 0 Å². The fraction of sp³-hybridized carbons (Fsp3) is 0.182. The van der Waals surface area contributed by atoms with Gasteiger partial charge in [-0.2, -0.15) is 0 Å². The van der Waals surface area contributed by atoms with Crippen LogP contribution < -0.4 is 0 Å². The standard InChI is InChI=1S/C22H18O6S/c1-27-21(23)16-7-4-3-6-14(16)20-15-8-5-9-17(22(24)28-2)18(15)10-13-11-29(25,26)12-19(13)20/h3-10H,11-12H2,1-2H3. The highest BCUT2D eigenvalue weighted by Gasteiger charge is 2.31. The fourth-order valence-corrected chi connectivity index (χ4v) is 5.51. The third-order valence-electron chi connectivity index (χ3n) is 5.13. The molecule has 0 saturated heterocycles. The molecule has 0 N–H and O–H groups in total. The molecule has 7 heteroatoms. The van der Waals surface area contributed by atoms with Crippen molar-refractivity contribution in [2.75, 3.05) is 14.2 Å². The summed E-state index contributed by atoms with van der Waals surface area (Å²) in [5.74, 6) is -1.26. The van der Waals surface area contributed by atoms with Crippen LogP contribution in [0, 0.1) is 0 Å². The van der Waals surface area contributed by atoms with Crippen molar-refractivity contribution in [1.82, 2.24) is 0 Å². The Bertz CT molecular complexity index is 1270. The first-order valence-electron chi connectivity index (χ1n) is 8.90. The van der Waals surface area contributed by atoms with Crippen molar-refractivity contribution in [3.8, 4) is 11.1 Å². The van der Waals surface area contributed by atoms with Gasteiger partial charge in [0.1, 0.15) is 0 Å². The Labute approximate surface area is 168 Å². The first-order chi connectivity index (χ1) is 13.9. The van der Waals surface area contributed by atoms with Crippen LogP contribution in [0.3, 0.4) is 0 Å². The van der Waals surface area contributed by atoms with Crippen LogP contribution in [0.25, 0.3) is 21.9 Å². The van der Waals surface area contributed by atoms with E-state index in [1.165, 1.54) is 14.2 Å². The lowest BCUT2D eigenvalue weighted by Crippen LogP contribution is -2.06. The maximum atomic E-state index is 12.4. The third kappa shape index (κ3) is 3.17. The minimum Gasteiger partial charge on any atom is -0.465 e. The minimum atomic E-state index is -3.32. The Morgan fingerprint density at radius 3 is 2.21 bits per heavy atom. The van der Waals surface area contributed by atoms with Gasteiger partial charge in [-0.3, -0.25) is 0 Å². The van der Waals surface area contributed by atoms with Crippen LogP contribution in [0.5, 0.6) is 0 Å². The number of rotatable bonds is 3. The van der Waals surface area contributed by atoms with Crippen molar-refractivity contribution in [3.63, 3.8) is 0 Å². The van der Waals surface area contributed by atoms with E-state index in [1.807, 2.05) is 6.07 Å². The summed E-state index contributed by atoms with van der Waals surface area (Å²) in [7, 11) is -0.727. The molecule has 0 bridgehead atoms. The van der Waals surface area contributed by atoms with Crippen LogP contribution in [-0.4, -0.2) is 34.6 Å². The normalized spacial score (nSPS) is 14.4. The lowest BCUT2D eigenvalue weighted by Gasteiger charge is -2.16. The third-order valence-corrected chi connectivity index (χ3v) is 6.61. The van der Waals surface area contributed by atoms with E-state index in [-0.39, 0.29) is 11.5 Å². The van der Waals surface area contributed by atoms with E-state index in [4.69, 9.17) is 9.47 Å². The van der Waals surface area contributed by atoms with Gasteiger partial charge in [0.05, 0.1) is 36.9 Å². The van der Waals surface area contributed by atoms with E-state index in [0.717, 1.165) is 0 Å². The van der Waals surface area contributed by atoms with Gasteiger partial charge < -0.3 is 9.47 Å². The Morgan fingerprint density at radius 2 is 1.48 bits per heavy atom. The zero-order valence-corrected chi connectivity index (χ0v) is 16.7. The van der Waals surface area contributed by atoms with Gasteiger partial charge in [0.15, 0.2) is 9.84 Å². The van der Waals surface area contributed by atoms with Crippen LogP contribution in [0.15, 0.2) is 48.5 Å². The van der Waals surface area contributed by atoms with E-state index >= 15 is 0 Å². The summed E-state index contributed by atoms with van der Waals surface area (Å²) in [5, 5.41) is 1.27. The highest BCUT2D eigenvalue weighted by Crippen LogP contribution is 2.42. The maximum Gasteiger partial charge on any atom is 0.338 e. The highest BCUT2D eigenvalue weighted by molar-refractivity contribution is 7.90. The lowest BCUT2D eigenvalue weighted by molar-refractivity contribution is 0.0593. The summed E-state index contributed by atoms with van der Waals surface area (Å²) in [5.41, 5.74) is 3.15. The van der Waals surface area contributed by atoms with Crippen molar-refractivity contribution in [1.29, 1.82) is 0 Å². The Kier molecular flexibility index (Phi) is 4.62. The summed E-state index contributed by atoms with van der Waals surface area (Å²) in [6.07, 6.45) is 0. The molecule has 0 aliphatic carbocycles. The molecule has 0 aromatic heterocycles. The summed E-state index contributed by atoms with van der Waals surface area (Å²) < 4.78 is 34.7. The SMILES string of the molecule is COC(=O)c1ccccc1-c1c2c(cc3c(C(=O)OC)cccc13)CS(=O)(=O)C2. The largest absolute Gasteiger partial charge is 0.465 e. The molecule has 29 heavy (non-hydrogen) atoms.